The van der Waals surface area contributed by atoms with Crippen molar-refractivity contribution in [1.82, 2.24) is 4.31 Å². The first-order valence-corrected chi connectivity index (χ1v) is 7.37. The Morgan fingerprint density at radius 2 is 1.76 bits per heavy atom. The lowest BCUT2D eigenvalue weighted by atomic mass is 10.4. The van der Waals surface area contributed by atoms with E-state index in [1.807, 2.05) is 0 Å². The molecule has 0 saturated carbocycles. The van der Waals surface area contributed by atoms with E-state index < -0.39 is 28.8 Å². The Morgan fingerprint density at radius 3 is 2.12 bits per heavy atom. The summed E-state index contributed by atoms with van der Waals surface area (Å²) in [5, 5.41) is 0. The van der Waals surface area contributed by atoms with Crippen molar-refractivity contribution in [1.29, 1.82) is 0 Å². The molecule has 0 aliphatic carbocycles. The molecule has 3 nitrogen and oxygen atoms in total. The topological polar surface area (TPSA) is 37.4 Å². The first-order chi connectivity index (χ1) is 7.60. The van der Waals surface area contributed by atoms with Crippen molar-refractivity contribution in [2.24, 2.45) is 0 Å². The number of halogens is 4. The lowest BCUT2D eigenvalue weighted by Gasteiger charge is -2.26. The highest BCUT2D eigenvalue weighted by molar-refractivity contribution is 7.89. The van der Waals surface area contributed by atoms with Crippen LogP contribution < -0.4 is 0 Å². The molecular formula is C9H17ClF3NO2S. The number of sulfonamides is 1. The molecule has 0 aliphatic rings. The van der Waals surface area contributed by atoms with Gasteiger partial charge in [-0.05, 0) is 26.7 Å². The fraction of sp³-hybridized carbons (Fsp3) is 1.00. The molecule has 0 aromatic carbocycles. The minimum atomic E-state index is -4.52. The summed E-state index contributed by atoms with van der Waals surface area (Å²) >= 11 is 5.39. The molecule has 17 heavy (non-hydrogen) atoms. The molecular weight excluding hydrogens is 279 g/mol. The van der Waals surface area contributed by atoms with Crippen LogP contribution >= 0.6 is 11.6 Å². The van der Waals surface area contributed by atoms with Gasteiger partial charge < -0.3 is 0 Å². The van der Waals surface area contributed by atoms with E-state index in [0.717, 1.165) is 0 Å². The van der Waals surface area contributed by atoms with Crippen molar-refractivity contribution in [3.05, 3.63) is 0 Å². The van der Waals surface area contributed by atoms with Crippen LogP contribution in [-0.2, 0) is 10.0 Å². The zero-order valence-corrected chi connectivity index (χ0v) is 11.4. The molecule has 0 radical (unpaired) electrons. The van der Waals surface area contributed by atoms with Gasteiger partial charge in [0.1, 0.15) is 6.54 Å². The number of alkyl halides is 4. The quantitative estimate of drug-likeness (QED) is 0.535. The second-order valence-electron chi connectivity index (χ2n) is 3.97. The monoisotopic (exact) mass is 295 g/mol. The highest BCUT2D eigenvalue weighted by Crippen LogP contribution is 2.21. The lowest BCUT2D eigenvalue weighted by Crippen LogP contribution is -2.44. The Balaban J connectivity index is 4.69. The highest BCUT2D eigenvalue weighted by atomic mass is 35.5. The van der Waals surface area contributed by atoms with Gasteiger partial charge in [0.05, 0.1) is 5.75 Å². The maximum atomic E-state index is 12.3. The minimum Gasteiger partial charge on any atom is -0.212 e. The largest absolute Gasteiger partial charge is 0.402 e. The predicted molar refractivity (Wildman–Crippen MR) is 61.6 cm³/mol. The van der Waals surface area contributed by atoms with Crippen LogP contribution in [0.25, 0.3) is 0 Å². The fourth-order valence-corrected chi connectivity index (χ4v) is 3.25. The summed E-state index contributed by atoms with van der Waals surface area (Å²) in [5.74, 6) is 0.00441. The van der Waals surface area contributed by atoms with Crippen molar-refractivity contribution in [2.75, 3.05) is 18.2 Å². The molecule has 0 atom stereocenters. The van der Waals surface area contributed by atoms with E-state index in [9.17, 15) is 21.6 Å². The molecule has 0 amide bonds. The van der Waals surface area contributed by atoms with Crippen LogP contribution in [0.3, 0.4) is 0 Å². The Hall–Kier alpha value is -0.0100. The molecule has 0 unspecified atom stereocenters. The van der Waals surface area contributed by atoms with Gasteiger partial charge in [-0.15, -0.1) is 11.6 Å². The van der Waals surface area contributed by atoms with Crippen LogP contribution in [0.4, 0.5) is 13.2 Å². The van der Waals surface area contributed by atoms with Crippen LogP contribution in [-0.4, -0.2) is 43.1 Å². The van der Waals surface area contributed by atoms with Crippen molar-refractivity contribution < 1.29 is 21.6 Å². The smallest absolute Gasteiger partial charge is 0.212 e. The summed E-state index contributed by atoms with van der Waals surface area (Å²) in [6.45, 7) is 1.41. The number of hydrogen-bond acceptors (Lipinski definition) is 2. The molecule has 0 aromatic heterocycles. The molecule has 104 valence electrons. The molecule has 8 heteroatoms. The third-order valence-corrected chi connectivity index (χ3v) is 4.39. The molecule has 0 fully saturated rings. The minimum absolute atomic E-state index is 0.271. The Bertz CT molecular complexity index is 317. The van der Waals surface area contributed by atoms with E-state index >= 15 is 0 Å². The van der Waals surface area contributed by atoms with Gasteiger partial charge in [0.2, 0.25) is 10.0 Å². The average Bonchev–Trinajstić information content (AvgIpc) is 2.12. The average molecular weight is 296 g/mol. The van der Waals surface area contributed by atoms with Crippen LogP contribution in [0, 0.1) is 0 Å². The lowest BCUT2D eigenvalue weighted by molar-refractivity contribution is -0.138. The normalized spacial score (nSPS) is 13.6. The second kappa shape index (κ2) is 6.80. The van der Waals surface area contributed by atoms with Gasteiger partial charge in [0.25, 0.3) is 0 Å². The summed E-state index contributed by atoms with van der Waals surface area (Å²) in [5.41, 5.74) is 0. The molecule has 0 rings (SSSR count). The van der Waals surface area contributed by atoms with Gasteiger partial charge >= 0.3 is 6.18 Å². The zero-order chi connectivity index (χ0) is 13.7. The van der Waals surface area contributed by atoms with Gasteiger partial charge in [-0.2, -0.15) is 17.5 Å². The van der Waals surface area contributed by atoms with Crippen molar-refractivity contribution >= 4 is 21.6 Å². The van der Waals surface area contributed by atoms with E-state index in [0.29, 0.717) is 16.6 Å². The number of rotatable bonds is 7. The summed E-state index contributed by atoms with van der Waals surface area (Å²) in [4.78, 5) is 0. The van der Waals surface area contributed by atoms with E-state index in [1.165, 1.54) is 13.8 Å². The number of unbranched alkanes of at least 4 members (excludes halogenated alkanes) is 1. The van der Waals surface area contributed by atoms with Crippen molar-refractivity contribution in [2.45, 2.75) is 38.9 Å². The van der Waals surface area contributed by atoms with Gasteiger partial charge in [0.15, 0.2) is 0 Å². The summed E-state index contributed by atoms with van der Waals surface area (Å²) < 4.78 is 60.7. The van der Waals surface area contributed by atoms with Gasteiger partial charge in [0, 0.05) is 11.9 Å². The SMILES string of the molecule is CC(C)N(CC(F)(F)F)S(=O)(=O)CCCCCl. The molecule has 0 saturated heterocycles. The maximum Gasteiger partial charge on any atom is 0.402 e. The Kier molecular flexibility index (Phi) is 6.79. The first-order valence-electron chi connectivity index (χ1n) is 5.22. The van der Waals surface area contributed by atoms with Crippen molar-refractivity contribution in [3.8, 4) is 0 Å². The van der Waals surface area contributed by atoms with E-state index in [2.05, 4.69) is 0 Å². The molecule has 0 bridgehead atoms. The number of hydrogen-bond donors (Lipinski definition) is 0. The second-order valence-corrected chi connectivity index (χ2v) is 6.39. The highest BCUT2D eigenvalue weighted by Gasteiger charge is 2.37. The van der Waals surface area contributed by atoms with Crippen LogP contribution in [0.1, 0.15) is 26.7 Å². The van der Waals surface area contributed by atoms with E-state index in [1.54, 1.807) is 0 Å². The molecule has 0 spiro atoms. The number of nitrogens with zero attached hydrogens (tertiary/aromatic N) is 1. The molecule has 0 aromatic rings. The molecule has 0 heterocycles. The zero-order valence-electron chi connectivity index (χ0n) is 9.80. The van der Waals surface area contributed by atoms with Gasteiger partial charge in [-0.3, -0.25) is 0 Å². The Labute approximate surface area is 105 Å². The third-order valence-electron chi connectivity index (χ3n) is 2.05. The van der Waals surface area contributed by atoms with Gasteiger partial charge in [-0.1, -0.05) is 0 Å². The van der Waals surface area contributed by atoms with Crippen LogP contribution in [0.5, 0.6) is 0 Å². The predicted octanol–water partition coefficient (Wildman–Crippen LogP) is 2.61. The summed E-state index contributed by atoms with van der Waals surface area (Å²) in [6, 6.07) is -0.711. The molecule has 0 N–H and O–H groups in total. The summed E-state index contributed by atoms with van der Waals surface area (Å²) in [6.07, 6.45) is -3.78. The maximum absolute atomic E-state index is 12.3. The standard InChI is InChI=1S/C9H17ClF3NO2S/c1-8(2)14(7-9(11,12)13)17(15,16)6-4-3-5-10/h8H,3-7H2,1-2H3. The first kappa shape index (κ1) is 17.0. The van der Waals surface area contributed by atoms with Crippen LogP contribution in [0.2, 0.25) is 0 Å². The van der Waals surface area contributed by atoms with E-state index in [4.69, 9.17) is 11.6 Å². The van der Waals surface area contributed by atoms with Crippen LogP contribution in [0.15, 0.2) is 0 Å². The van der Waals surface area contributed by atoms with E-state index in [-0.39, 0.29) is 12.2 Å². The Morgan fingerprint density at radius 1 is 1.24 bits per heavy atom. The van der Waals surface area contributed by atoms with Gasteiger partial charge in [-0.25, -0.2) is 8.42 Å². The fourth-order valence-electron chi connectivity index (χ4n) is 1.28. The third kappa shape index (κ3) is 7.10. The van der Waals surface area contributed by atoms with Crippen molar-refractivity contribution in [3.63, 3.8) is 0 Å². The molecule has 0 aliphatic heterocycles. The summed E-state index contributed by atoms with van der Waals surface area (Å²) in [7, 11) is -3.87.